The van der Waals surface area contributed by atoms with Gasteiger partial charge in [-0.2, -0.15) is 0 Å². The van der Waals surface area contributed by atoms with Crippen molar-refractivity contribution in [1.82, 2.24) is 4.90 Å². The van der Waals surface area contributed by atoms with Crippen molar-refractivity contribution in [3.63, 3.8) is 0 Å². The summed E-state index contributed by atoms with van der Waals surface area (Å²) < 4.78 is 22.8. The Morgan fingerprint density at radius 3 is 2.24 bits per heavy atom. The fourth-order valence-electron chi connectivity index (χ4n) is 1.77. The summed E-state index contributed by atoms with van der Waals surface area (Å²) in [5.74, 6) is -0.104. The van der Waals surface area contributed by atoms with Crippen LogP contribution in [0, 0.1) is 0 Å². The average Bonchev–Trinajstić information content (AvgIpc) is 2.45. The van der Waals surface area contributed by atoms with Gasteiger partial charge in [0.15, 0.2) is 9.84 Å². The summed E-state index contributed by atoms with van der Waals surface area (Å²) in [5.41, 5.74) is 0.887. The first-order valence-electron chi connectivity index (χ1n) is 6.63. The molecule has 0 saturated carbocycles. The zero-order valence-corrected chi connectivity index (χ0v) is 13.6. The second-order valence-electron chi connectivity index (χ2n) is 4.85. The van der Waals surface area contributed by atoms with Crippen LogP contribution in [0.3, 0.4) is 0 Å². The highest BCUT2D eigenvalue weighted by Crippen LogP contribution is 2.21. The molecule has 1 amide bonds. The zero-order valence-electron chi connectivity index (χ0n) is 12.8. The van der Waals surface area contributed by atoms with Crippen LogP contribution < -0.4 is 0 Å². The molecule has 0 bridgehead atoms. The third kappa shape index (κ3) is 4.86. The molecule has 1 aromatic rings. The molecule has 4 nitrogen and oxygen atoms in total. The van der Waals surface area contributed by atoms with E-state index in [1.165, 1.54) is 12.3 Å². The van der Waals surface area contributed by atoms with Gasteiger partial charge in [0.05, 0.1) is 10.9 Å². The summed E-state index contributed by atoms with van der Waals surface area (Å²) >= 11 is 0. The Kier molecular flexibility index (Phi) is 5.90. The van der Waals surface area contributed by atoms with Crippen LogP contribution in [0.15, 0.2) is 53.5 Å². The van der Waals surface area contributed by atoms with Crippen LogP contribution >= 0.6 is 0 Å². The molecule has 0 aromatic heterocycles. The van der Waals surface area contributed by atoms with Crippen molar-refractivity contribution < 1.29 is 13.2 Å². The first kappa shape index (κ1) is 17.2. The summed E-state index contributed by atoms with van der Waals surface area (Å²) in [6.45, 7) is 3.78. The van der Waals surface area contributed by atoms with Gasteiger partial charge in [0.2, 0.25) is 5.91 Å². The van der Waals surface area contributed by atoms with Crippen LogP contribution in [-0.4, -0.2) is 32.5 Å². The number of benzene rings is 1. The van der Waals surface area contributed by atoms with Crippen LogP contribution in [0.5, 0.6) is 0 Å². The lowest BCUT2D eigenvalue weighted by molar-refractivity contribution is -0.126. The highest BCUT2D eigenvalue weighted by atomic mass is 32.2. The van der Waals surface area contributed by atoms with Crippen molar-refractivity contribution in [1.29, 1.82) is 0 Å². The molecule has 0 aliphatic rings. The summed E-state index contributed by atoms with van der Waals surface area (Å²) in [5, 5.41) is 0. The third-order valence-electron chi connectivity index (χ3n) is 3.26. The molecule has 1 aromatic carbocycles. The fourth-order valence-corrected chi connectivity index (χ4v) is 2.41. The molecular weight excluding hydrogens is 286 g/mol. The summed E-state index contributed by atoms with van der Waals surface area (Å²) in [4.78, 5) is 13.9. The van der Waals surface area contributed by atoms with Crippen molar-refractivity contribution in [2.75, 3.05) is 13.3 Å². The average molecular weight is 307 g/mol. The van der Waals surface area contributed by atoms with E-state index in [0.717, 1.165) is 5.56 Å². The van der Waals surface area contributed by atoms with Crippen molar-refractivity contribution in [2.45, 2.75) is 24.8 Å². The van der Waals surface area contributed by atoms with E-state index < -0.39 is 9.84 Å². The van der Waals surface area contributed by atoms with Gasteiger partial charge in [-0.15, -0.1) is 0 Å². The molecule has 1 atom stereocenters. The van der Waals surface area contributed by atoms with E-state index in [1.54, 1.807) is 48.4 Å². The number of carbonyl (C=O) groups is 1. The van der Waals surface area contributed by atoms with E-state index >= 15 is 0 Å². The molecule has 0 saturated heterocycles. The Bertz CT molecular complexity index is 643. The van der Waals surface area contributed by atoms with Gasteiger partial charge in [-0.05, 0) is 31.5 Å². The number of hydrogen-bond acceptors (Lipinski definition) is 3. The van der Waals surface area contributed by atoms with Gasteiger partial charge < -0.3 is 4.90 Å². The quantitative estimate of drug-likeness (QED) is 0.621. The number of likely N-dealkylation sites (N-methyl/N-ethyl adjacent to an activating group) is 1. The van der Waals surface area contributed by atoms with E-state index in [-0.39, 0.29) is 16.8 Å². The zero-order chi connectivity index (χ0) is 16.0. The van der Waals surface area contributed by atoms with Crippen molar-refractivity contribution >= 4 is 15.7 Å². The predicted molar refractivity (Wildman–Crippen MR) is 84.7 cm³/mol. The molecule has 0 fully saturated rings. The first-order chi connectivity index (χ1) is 9.77. The standard InChI is InChI=1S/C16H21NO3S/c1-5-6-7-8-16(18)17(3)13(2)14-9-11-15(12-10-14)21(4,19)20/h5-13H,1-4H3/b6-5+,8-7+. The van der Waals surface area contributed by atoms with Crippen molar-refractivity contribution in [3.05, 3.63) is 54.1 Å². The minimum absolute atomic E-state index is 0.104. The van der Waals surface area contributed by atoms with E-state index in [4.69, 9.17) is 0 Å². The SMILES string of the molecule is C/C=C/C=C/C(=O)N(C)C(C)c1ccc(S(C)(=O)=O)cc1. The van der Waals surface area contributed by atoms with Gasteiger partial charge in [0.1, 0.15) is 0 Å². The highest BCUT2D eigenvalue weighted by Gasteiger charge is 2.16. The van der Waals surface area contributed by atoms with Gasteiger partial charge >= 0.3 is 0 Å². The number of hydrogen-bond donors (Lipinski definition) is 0. The van der Waals surface area contributed by atoms with E-state index in [9.17, 15) is 13.2 Å². The normalized spacial score (nSPS) is 13.7. The van der Waals surface area contributed by atoms with Gasteiger partial charge in [0, 0.05) is 19.4 Å². The number of nitrogens with zero attached hydrogens (tertiary/aromatic N) is 1. The van der Waals surface area contributed by atoms with Crippen molar-refractivity contribution in [2.24, 2.45) is 0 Å². The lowest BCUT2D eigenvalue weighted by atomic mass is 10.1. The molecule has 0 spiro atoms. The maximum Gasteiger partial charge on any atom is 0.246 e. The third-order valence-corrected chi connectivity index (χ3v) is 4.39. The Labute approximate surface area is 126 Å². The van der Waals surface area contributed by atoms with Crippen LogP contribution in [0.2, 0.25) is 0 Å². The predicted octanol–water partition coefficient (Wildman–Crippen LogP) is 2.74. The van der Waals surface area contributed by atoms with Gasteiger partial charge in [-0.1, -0.05) is 30.4 Å². The van der Waals surface area contributed by atoms with E-state index in [1.807, 2.05) is 19.9 Å². The molecule has 1 rings (SSSR count). The van der Waals surface area contributed by atoms with Gasteiger partial charge in [0.25, 0.3) is 0 Å². The van der Waals surface area contributed by atoms with E-state index in [0.29, 0.717) is 0 Å². The minimum atomic E-state index is -3.20. The molecule has 21 heavy (non-hydrogen) atoms. The topological polar surface area (TPSA) is 54.5 Å². The molecular formula is C16H21NO3S. The number of allylic oxidation sites excluding steroid dienone is 3. The van der Waals surface area contributed by atoms with Crippen LogP contribution in [0.25, 0.3) is 0 Å². The first-order valence-corrected chi connectivity index (χ1v) is 8.52. The molecule has 5 heteroatoms. The maximum atomic E-state index is 12.0. The van der Waals surface area contributed by atoms with Crippen LogP contribution in [-0.2, 0) is 14.6 Å². The molecule has 0 radical (unpaired) electrons. The smallest absolute Gasteiger partial charge is 0.246 e. The molecule has 0 aliphatic heterocycles. The highest BCUT2D eigenvalue weighted by molar-refractivity contribution is 7.90. The molecule has 0 heterocycles. The lowest BCUT2D eigenvalue weighted by Crippen LogP contribution is -2.28. The fraction of sp³-hybridized carbons (Fsp3) is 0.312. The van der Waals surface area contributed by atoms with Crippen LogP contribution in [0.1, 0.15) is 25.5 Å². The Balaban J connectivity index is 2.88. The summed E-state index contributed by atoms with van der Waals surface area (Å²) in [7, 11) is -1.48. The lowest BCUT2D eigenvalue weighted by Gasteiger charge is -2.24. The van der Waals surface area contributed by atoms with Crippen molar-refractivity contribution in [3.8, 4) is 0 Å². The Morgan fingerprint density at radius 2 is 1.76 bits per heavy atom. The summed E-state index contributed by atoms with van der Waals surface area (Å²) in [6.07, 6.45) is 8.00. The molecule has 0 N–H and O–H groups in total. The minimum Gasteiger partial charge on any atom is -0.335 e. The monoisotopic (exact) mass is 307 g/mol. The second kappa shape index (κ2) is 7.22. The van der Waals surface area contributed by atoms with Gasteiger partial charge in [-0.25, -0.2) is 8.42 Å². The number of rotatable bonds is 5. The number of carbonyl (C=O) groups excluding carboxylic acids is 1. The Morgan fingerprint density at radius 1 is 1.19 bits per heavy atom. The molecule has 1 unspecified atom stereocenters. The summed E-state index contributed by atoms with van der Waals surface area (Å²) in [6, 6.07) is 6.46. The second-order valence-corrected chi connectivity index (χ2v) is 6.87. The maximum absolute atomic E-state index is 12.0. The number of sulfone groups is 1. The largest absolute Gasteiger partial charge is 0.335 e. The van der Waals surface area contributed by atoms with Gasteiger partial charge in [-0.3, -0.25) is 4.79 Å². The Hall–Kier alpha value is -1.88. The van der Waals surface area contributed by atoms with E-state index in [2.05, 4.69) is 0 Å². The number of amides is 1. The molecule has 114 valence electrons. The van der Waals surface area contributed by atoms with Crippen LogP contribution in [0.4, 0.5) is 0 Å². The molecule has 0 aliphatic carbocycles.